The quantitative estimate of drug-likeness (QED) is 0.881. The zero-order valence-corrected chi connectivity index (χ0v) is 13.8. The molecule has 1 fully saturated rings. The van der Waals surface area contributed by atoms with Crippen LogP contribution in [-0.2, 0) is 4.79 Å². The largest absolute Gasteiger partial charge is 0.327 e. The first kappa shape index (κ1) is 15.4. The van der Waals surface area contributed by atoms with Crippen molar-refractivity contribution >= 4 is 22.4 Å². The van der Waals surface area contributed by atoms with Gasteiger partial charge in [0.15, 0.2) is 5.13 Å². The summed E-state index contributed by atoms with van der Waals surface area (Å²) in [6.45, 7) is 10.4. The Bertz CT molecular complexity index is 490. The van der Waals surface area contributed by atoms with Crippen LogP contribution in [0.25, 0.3) is 0 Å². The van der Waals surface area contributed by atoms with Crippen molar-refractivity contribution in [3.05, 3.63) is 10.6 Å². The summed E-state index contributed by atoms with van der Waals surface area (Å²) in [5, 5.41) is 3.70. The number of hydrogen-bond donors (Lipinski definition) is 2. The highest BCUT2D eigenvalue weighted by molar-refractivity contribution is 7.15. The third-order valence-corrected chi connectivity index (χ3v) is 6.07. The minimum Gasteiger partial charge on any atom is -0.327 e. The van der Waals surface area contributed by atoms with Gasteiger partial charge in [-0.05, 0) is 38.0 Å². The van der Waals surface area contributed by atoms with Crippen LogP contribution in [0.3, 0.4) is 0 Å². The molecule has 1 aromatic rings. The number of rotatable bonds is 2. The van der Waals surface area contributed by atoms with Gasteiger partial charge in [-0.2, -0.15) is 0 Å². The van der Waals surface area contributed by atoms with Gasteiger partial charge in [0.25, 0.3) is 0 Å². The number of amides is 1. The van der Waals surface area contributed by atoms with Crippen molar-refractivity contribution in [2.75, 3.05) is 5.32 Å². The maximum atomic E-state index is 12.6. The highest BCUT2D eigenvalue weighted by Gasteiger charge is 2.45. The van der Waals surface area contributed by atoms with Gasteiger partial charge in [0.1, 0.15) is 0 Å². The molecule has 2 rings (SSSR count). The molecule has 0 bridgehead atoms. The lowest BCUT2D eigenvalue weighted by molar-refractivity contribution is -0.127. The monoisotopic (exact) mass is 295 g/mol. The standard InChI is InChI=1S/C15H25N3OS/c1-8-12(16)7-6-11(15(8,4)5)13(19)18-14-17-9(2)10(3)20-14/h8,11-12H,6-7,16H2,1-5H3,(H,17,18,19). The van der Waals surface area contributed by atoms with Crippen molar-refractivity contribution in [2.24, 2.45) is 23.0 Å². The second-order valence-electron chi connectivity index (χ2n) is 6.55. The van der Waals surface area contributed by atoms with Crippen LogP contribution >= 0.6 is 11.3 Å². The molecule has 3 unspecified atom stereocenters. The van der Waals surface area contributed by atoms with Gasteiger partial charge in [0, 0.05) is 16.8 Å². The number of nitrogens with two attached hydrogens (primary N) is 1. The second kappa shape index (κ2) is 5.45. The number of nitrogens with one attached hydrogen (secondary N) is 1. The Morgan fingerprint density at radius 1 is 1.40 bits per heavy atom. The van der Waals surface area contributed by atoms with E-state index in [-0.39, 0.29) is 23.3 Å². The molecule has 3 N–H and O–H groups in total. The molecule has 20 heavy (non-hydrogen) atoms. The number of nitrogens with zero attached hydrogens (tertiary/aromatic N) is 1. The third kappa shape index (κ3) is 2.74. The van der Waals surface area contributed by atoms with Crippen molar-refractivity contribution in [3.63, 3.8) is 0 Å². The number of aromatic nitrogens is 1. The van der Waals surface area contributed by atoms with Crippen LogP contribution in [0.1, 0.15) is 44.2 Å². The fourth-order valence-corrected chi connectivity index (χ4v) is 3.86. The van der Waals surface area contributed by atoms with Gasteiger partial charge in [-0.25, -0.2) is 4.98 Å². The molecule has 0 aromatic carbocycles. The maximum Gasteiger partial charge on any atom is 0.229 e. The van der Waals surface area contributed by atoms with Gasteiger partial charge < -0.3 is 11.1 Å². The van der Waals surface area contributed by atoms with Gasteiger partial charge in [0.2, 0.25) is 5.91 Å². The van der Waals surface area contributed by atoms with Crippen molar-refractivity contribution in [2.45, 2.75) is 53.5 Å². The number of anilines is 1. The normalized spacial score (nSPS) is 29.2. The molecule has 3 atom stereocenters. The van der Waals surface area contributed by atoms with Gasteiger partial charge in [-0.1, -0.05) is 20.8 Å². The van der Waals surface area contributed by atoms with Gasteiger partial charge in [-0.3, -0.25) is 4.79 Å². The SMILES string of the molecule is Cc1nc(NC(=O)C2CCC(N)C(C)C2(C)C)sc1C. The van der Waals surface area contributed by atoms with E-state index in [2.05, 4.69) is 31.1 Å². The van der Waals surface area contributed by atoms with Crippen molar-refractivity contribution in [3.8, 4) is 0 Å². The first-order valence-electron chi connectivity index (χ1n) is 7.24. The summed E-state index contributed by atoms with van der Waals surface area (Å²) in [7, 11) is 0. The highest BCUT2D eigenvalue weighted by Crippen LogP contribution is 2.44. The molecule has 5 heteroatoms. The molecule has 0 saturated heterocycles. The summed E-state index contributed by atoms with van der Waals surface area (Å²) in [5.41, 5.74) is 7.06. The predicted molar refractivity (Wildman–Crippen MR) is 83.9 cm³/mol. The molecule has 0 radical (unpaired) electrons. The number of carbonyl (C=O) groups excluding carboxylic acids is 1. The minimum atomic E-state index is -0.0803. The van der Waals surface area contributed by atoms with E-state index in [1.165, 1.54) is 0 Å². The molecule has 1 aromatic heterocycles. The number of hydrogen-bond acceptors (Lipinski definition) is 4. The molecule has 4 nitrogen and oxygen atoms in total. The molecule has 1 aliphatic carbocycles. The Balaban J connectivity index is 2.12. The van der Waals surface area contributed by atoms with Crippen LogP contribution in [0, 0.1) is 31.1 Å². The summed E-state index contributed by atoms with van der Waals surface area (Å²) >= 11 is 1.54. The Morgan fingerprint density at radius 3 is 2.60 bits per heavy atom. The number of thiazole rings is 1. The Kier molecular flexibility index (Phi) is 4.21. The topological polar surface area (TPSA) is 68.0 Å². The molecular formula is C15H25N3OS. The Hall–Kier alpha value is -0.940. The van der Waals surface area contributed by atoms with Gasteiger partial charge >= 0.3 is 0 Å². The minimum absolute atomic E-state index is 0.00168. The van der Waals surface area contributed by atoms with Crippen molar-refractivity contribution in [1.29, 1.82) is 0 Å². The van der Waals surface area contributed by atoms with Crippen molar-refractivity contribution < 1.29 is 4.79 Å². The molecule has 1 saturated carbocycles. The van der Waals surface area contributed by atoms with Crippen LogP contribution in [-0.4, -0.2) is 16.9 Å². The molecule has 112 valence electrons. The zero-order valence-electron chi connectivity index (χ0n) is 13.0. The first-order valence-corrected chi connectivity index (χ1v) is 8.05. The molecular weight excluding hydrogens is 270 g/mol. The van der Waals surface area contributed by atoms with E-state index in [9.17, 15) is 4.79 Å². The fraction of sp³-hybridized carbons (Fsp3) is 0.733. The van der Waals surface area contributed by atoms with E-state index in [1.807, 2.05) is 13.8 Å². The highest BCUT2D eigenvalue weighted by atomic mass is 32.1. The van der Waals surface area contributed by atoms with E-state index in [0.717, 1.165) is 23.4 Å². The van der Waals surface area contributed by atoms with Crippen LogP contribution < -0.4 is 11.1 Å². The smallest absolute Gasteiger partial charge is 0.229 e. The summed E-state index contributed by atoms with van der Waals surface area (Å²) in [5.74, 6) is 0.427. The summed E-state index contributed by atoms with van der Waals surface area (Å²) in [4.78, 5) is 18.1. The lowest BCUT2D eigenvalue weighted by Crippen LogP contribution is -2.50. The summed E-state index contributed by atoms with van der Waals surface area (Å²) in [6.07, 6.45) is 1.77. The third-order valence-electron chi connectivity index (χ3n) is 5.08. The van der Waals surface area contributed by atoms with E-state index in [0.29, 0.717) is 11.0 Å². The average Bonchev–Trinajstić information content (AvgIpc) is 2.65. The van der Waals surface area contributed by atoms with Gasteiger partial charge in [0.05, 0.1) is 5.69 Å². The van der Waals surface area contributed by atoms with Crippen LogP contribution in [0.4, 0.5) is 5.13 Å². The fourth-order valence-electron chi connectivity index (χ4n) is 3.04. The van der Waals surface area contributed by atoms with E-state index >= 15 is 0 Å². The Morgan fingerprint density at radius 2 is 2.05 bits per heavy atom. The summed E-state index contributed by atoms with van der Waals surface area (Å²) < 4.78 is 0. The van der Waals surface area contributed by atoms with E-state index < -0.39 is 0 Å². The zero-order chi connectivity index (χ0) is 15.1. The van der Waals surface area contributed by atoms with Crippen molar-refractivity contribution in [1.82, 2.24) is 4.98 Å². The first-order chi connectivity index (χ1) is 9.23. The summed E-state index contributed by atoms with van der Waals surface area (Å²) in [6, 6.07) is 0.193. The Labute approximate surface area is 125 Å². The lowest BCUT2D eigenvalue weighted by Gasteiger charge is -2.45. The predicted octanol–water partition coefficient (Wildman–Crippen LogP) is 3.10. The van der Waals surface area contributed by atoms with Crippen LogP contribution in [0.15, 0.2) is 0 Å². The number of aryl methyl sites for hydroxylation is 2. The van der Waals surface area contributed by atoms with E-state index in [1.54, 1.807) is 11.3 Å². The van der Waals surface area contributed by atoms with Gasteiger partial charge in [-0.15, -0.1) is 11.3 Å². The average molecular weight is 295 g/mol. The van der Waals surface area contributed by atoms with Crippen LogP contribution in [0.5, 0.6) is 0 Å². The molecule has 1 heterocycles. The number of carbonyl (C=O) groups is 1. The van der Waals surface area contributed by atoms with Crippen LogP contribution in [0.2, 0.25) is 0 Å². The molecule has 1 aliphatic rings. The molecule has 1 amide bonds. The lowest BCUT2D eigenvalue weighted by atomic mass is 9.61. The second-order valence-corrected chi connectivity index (χ2v) is 7.76. The maximum absolute atomic E-state index is 12.6. The van der Waals surface area contributed by atoms with E-state index in [4.69, 9.17) is 5.73 Å². The molecule has 0 spiro atoms. The molecule has 0 aliphatic heterocycles.